The molecule has 124 valence electrons. The summed E-state index contributed by atoms with van der Waals surface area (Å²) in [4.78, 5) is 12.0. The van der Waals surface area contributed by atoms with Gasteiger partial charge in [0.2, 0.25) is 5.91 Å². The van der Waals surface area contributed by atoms with E-state index >= 15 is 0 Å². The molecule has 0 aliphatic rings. The molecule has 1 aromatic heterocycles. The fraction of sp³-hybridized carbons (Fsp3) is 0.438. The van der Waals surface area contributed by atoms with Crippen LogP contribution in [0.15, 0.2) is 26.9 Å². The van der Waals surface area contributed by atoms with Crippen molar-refractivity contribution in [3.05, 3.63) is 29.3 Å². The van der Waals surface area contributed by atoms with Crippen LogP contribution in [-0.4, -0.2) is 27.6 Å². The summed E-state index contributed by atoms with van der Waals surface area (Å²) in [5, 5.41) is 11.2. The van der Waals surface area contributed by atoms with E-state index in [9.17, 15) is 4.79 Å². The quantitative estimate of drug-likeness (QED) is 0.723. The van der Waals surface area contributed by atoms with E-state index in [4.69, 9.17) is 0 Å². The number of aryl methyl sites for hydroxylation is 2. The number of carbonyl (C=O) groups is 1. The summed E-state index contributed by atoms with van der Waals surface area (Å²) in [7, 11) is 0. The summed E-state index contributed by atoms with van der Waals surface area (Å²) in [6.45, 7) is 8.46. The first-order valence-electron chi connectivity index (χ1n) is 7.40. The van der Waals surface area contributed by atoms with Crippen LogP contribution in [-0.2, 0) is 4.79 Å². The van der Waals surface area contributed by atoms with Gasteiger partial charge in [-0.15, -0.1) is 10.2 Å². The summed E-state index contributed by atoms with van der Waals surface area (Å²) >= 11 is 4.70. The molecule has 0 aliphatic carbocycles. The highest BCUT2D eigenvalue weighted by Gasteiger charge is 2.09. The summed E-state index contributed by atoms with van der Waals surface area (Å²) in [6, 6.07) is 5.93. The molecule has 1 amide bonds. The molecule has 0 radical (unpaired) electrons. The third kappa shape index (κ3) is 6.16. The molecular weight excluding hydrogens is 346 g/mol. The van der Waals surface area contributed by atoms with E-state index in [2.05, 4.69) is 36.3 Å². The van der Waals surface area contributed by atoms with Gasteiger partial charge in [-0.1, -0.05) is 54.8 Å². The number of hydrogen-bond acceptors (Lipinski definition) is 6. The largest absolute Gasteiger partial charge is 0.325 e. The van der Waals surface area contributed by atoms with Crippen LogP contribution in [0.2, 0.25) is 0 Å². The zero-order valence-corrected chi connectivity index (χ0v) is 16.2. The molecule has 0 bridgehead atoms. The highest BCUT2D eigenvalue weighted by Crippen LogP contribution is 2.29. The van der Waals surface area contributed by atoms with Crippen molar-refractivity contribution in [3.8, 4) is 0 Å². The van der Waals surface area contributed by atoms with E-state index in [0.29, 0.717) is 11.7 Å². The normalized spacial score (nSPS) is 11.0. The van der Waals surface area contributed by atoms with Gasteiger partial charge >= 0.3 is 0 Å². The lowest BCUT2D eigenvalue weighted by Crippen LogP contribution is -2.14. The third-order valence-corrected chi connectivity index (χ3v) is 6.66. The third-order valence-electron chi connectivity index (χ3n) is 3.05. The number of thioether (sulfide) groups is 2. The molecule has 0 unspecified atom stereocenters. The Morgan fingerprint density at radius 2 is 1.87 bits per heavy atom. The molecule has 7 heteroatoms. The Kier molecular flexibility index (Phi) is 6.92. The second kappa shape index (κ2) is 8.70. The fourth-order valence-electron chi connectivity index (χ4n) is 1.70. The molecular formula is C16H21N3OS3. The molecule has 1 heterocycles. The topological polar surface area (TPSA) is 54.9 Å². The predicted molar refractivity (Wildman–Crippen MR) is 101 cm³/mol. The fourth-order valence-corrected chi connectivity index (χ4v) is 4.49. The van der Waals surface area contributed by atoms with Gasteiger partial charge in [0.05, 0.1) is 5.75 Å². The first kappa shape index (κ1) is 18.3. The molecule has 1 N–H and O–H groups in total. The number of nitrogens with one attached hydrogen (secondary N) is 1. The lowest BCUT2D eigenvalue weighted by atomic mass is 10.1. The van der Waals surface area contributed by atoms with E-state index in [0.717, 1.165) is 20.1 Å². The van der Waals surface area contributed by atoms with Crippen molar-refractivity contribution in [1.82, 2.24) is 10.2 Å². The lowest BCUT2D eigenvalue weighted by molar-refractivity contribution is -0.113. The Bertz CT molecular complexity index is 670. The van der Waals surface area contributed by atoms with Crippen molar-refractivity contribution >= 4 is 46.5 Å². The Morgan fingerprint density at radius 1 is 1.17 bits per heavy atom. The number of rotatable bonds is 7. The van der Waals surface area contributed by atoms with Gasteiger partial charge in [-0.2, -0.15) is 0 Å². The summed E-state index contributed by atoms with van der Waals surface area (Å²) in [5.74, 6) is 1.98. The van der Waals surface area contributed by atoms with Crippen molar-refractivity contribution in [2.45, 2.75) is 36.4 Å². The average molecular weight is 368 g/mol. The molecule has 0 spiro atoms. The highest BCUT2D eigenvalue weighted by molar-refractivity contribution is 8.03. The van der Waals surface area contributed by atoms with Gasteiger partial charge in [-0.3, -0.25) is 4.79 Å². The van der Waals surface area contributed by atoms with Gasteiger partial charge < -0.3 is 5.32 Å². The van der Waals surface area contributed by atoms with Crippen LogP contribution in [0.25, 0.3) is 0 Å². The van der Waals surface area contributed by atoms with E-state index < -0.39 is 0 Å². The summed E-state index contributed by atoms with van der Waals surface area (Å²) < 4.78 is 1.81. The number of hydrogen-bond donors (Lipinski definition) is 1. The molecule has 1 aromatic carbocycles. The van der Waals surface area contributed by atoms with Crippen LogP contribution < -0.4 is 5.32 Å². The van der Waals surface area contributed by atoms with Crippen molar-refractivity contribution in [1.29, 1.82) is 0 Å². The predicted octanol–water partition coefficient (Wildman–Crippen LogP) is 4.63. The minimum Gasteiger partial charge on any atom is -0.325 e. The van der Waals surface area contributed by atoms with Gasteiger partial charge in [0, 0.05) is 11.4 Å². The first-order chi connectivity index (χ1) is 10.9. The Labute approximate surface area is 149 Å². The molecule has 2 aromatic rings. The number of benzene rings is 1. The van der Waals surface area contributed by atoms with E-state index in [1.807, 2.05) is 25.1 Å². The monoisotopic (exact) mass is 367 g/mol. The highest BCUT2D eigenvalue weighted by atomic mass is 32.2. The smallest absolute Gasteiger partial charge is 0.234 e. The number of aromatic nitrogens is 2. The number of nitrogens with zero attached hydrogens (tertiary/aromatic N) is 2. The van der Waals surface area contributed by atoms with Gasteiger partial charge in [0.1, 0.15) is 0 Å². The Morgan fingerprint density at radius 3 is 2.52 bits per heavy atom. The van der Waals surface area contributed by atoms with E-state index in [-0.39, 0.29) is 5.91 Å². The van der Waals surface area contributed by atoms with Crippen LogP contribution in [0, 0.1) is 19.8 Å². The zero-order valence-electron chi connectivity index (χ0n) is 13.8. The zero-order chi connectivity index (χ0) is 16.8. The first-order valence-corrected chi connectivity index (χ1v) is 10.2. The van der Waals surface area contributed by atoms with Gasteiger partial charge in [0.15, 0.2) is 8.68 Å². The van der Waals surface area contributed by atoms with Crippen LogP contribution in [0.1, 0.15) is 25.0 Å². The van der Waals surface area contributed by atoms with Crippen molar-refractivity contribution in [3.63, 3.8) is 0 Å². The maximum atomic E-state index is 12.0. The standard InChI is InChI=1S/C16H21N3OS3/c1-10(2)8-21-15-18-19-16(23-15)22-9-14(20)17-13-6-5-11(3)12(4)7-13/h5-7,10H,8-9H2,1-4H3,(H,17,20). The van der Waals surface area contributed by atoms with Gasteiger partial charge in [-0.25, -0.2) is 0 Å². The van der Waals surface area contributed by atoms with Crippen LogP contribution >= 0.6 is 34.9 Å². The van der Waals surface area contributed by atoms with E-state index in [1.165, 1.54) is 22.9 Å². The second-order valence-electron chi connectivity index (χ2n) is 5.67. The molecule has 0 saturated carbocycles. The minimum atomic E-state index is -0.0233. The Balaban J connectivity index is 1.81. The number of amides is 1. The lowest BCUT2D eigenvalue weighted by Gasteiger charge is -2.06. The van der Waals surface area contributed by atoms with Gasteiger partial charge in [-0.05, 0) is 43.0 Å². The maximum absolute atomic E-state index is 12.0. The van der Waals surface area contributed by atoms with Crippen molar-refractivity contribution in [2.75, 3.05) is 16.8 Å². The number of carbonyl (C=O) groups excluding carboxylic acids is 1. The van der Waals surface area contributed by atoms with E-state index in [1.54, 1.807) is 23.1 Å². The molecule has 0 aliphatic heterocycles. The van der Waals surface area contributed by atoms with Crippen molar-refractivity contribution in [2.24, 2.45) is 5.92 Å². The Hall–Kier alpha value is -1.05. The molecule has 2 rings (SSSR count). The summed E-state index contributed by atoms with van der Waals surface area (Å²) in [6.07, 6.45) is 0. The molecule has 4 nitrogen and oxygen atoms in total. The van der Waals surface area contributed by atoms with Crippen LogP contribution in [0.4, 0.5) is 5.69 Å². The molecule has 0 fully saturated rings. The van der Waals surface area contributed by atoms with Crippen molar-refractivity contribution < 1.29 is 4.79 Å². The maximum Gasteiger partial charge on any atom is 0.234 e. The van der Waals surface area contributed by atoms with Crippen LogP contribution in [0.5, 0.6) is 0 Å². The number of anilines is 1. The summed E-state index contributed by atoms with van der Waals surface area (Å²) in [5.41, 5.74) is 3.23. The molecule has 0 atom stereocenters. The average Bonchev–Trinajstić information content (AvgIpc) is 2.95. The minimum absolute atomic E-state index is 0.0233. The second-order valence-corrected chi connectivity index (χ2v) is 9.14. The van der Waals surface area contributed by atoms with Crippen LogP contribution in [0.3, 0.4) is 0 Å². The molecule has 23 heavy (non-hydrogen) atoms. The molecule has 0 saturated heterocycles. The SMILES string of the molecule is Cc1ccc(NC(=O)CSc2nnc(SCC(C)C)s2)cc1C. The van der Waals surface area contributed by atoms with Gasteiger partial charge in [0.25, 0.3) is 0 Å².